The molecule has 0 spiro atoms. The molecule has 10 heteroatoms. The van der Waals surface area contributed by atoms with E-state index in [1.165, 1.54) is 36.0 Å². The molecule has 1 amide bonds. The highest BCUT2D eigenvalue weighted by Gasteiger charge is 2.21. The van der Waals surface area contributed by atoms with Gasteiger partial charge in [0.1, 0.15) is 10.7 Å². The second kappa shape index (κ2) is 11.4. The first kappa shape index (κ1) is 26.3. The van der Waals surface area contributed by atoms with Crippen LogP contribution in [0.1, 0.15) is 27.0 Å². The number of thioether (sulfide) groups is 1. The normalized spacial score (nSPS) is 11.3. The van der Waals surface area contributed by atoms with Crippen LogP contribution < -0.4 is 10.0 Å². The smallest absolute Gasteiger partial charge is 0.263 e. The molecule has 0 radical (unpaired) electrons. The summed E-state index contributed by atoms with van der Waals surface area (Å²) in [6, 6.07) is 13.9. The third-order valence-electron chi connectivity index (χ3n) is 5.17. The van der Waals surface area contributed by atoms with E-state index in [1.54, 1.807) is 24.3 Å². The van der Waals surface area contributed by atoms with Gasteiger partial charge in [0, 0.05) is 34.2 Å². The minimum absolute atomic E-state index is 0.00618. The molecule has 0 aliphatic carbocycles. The third-order valence-corrected chi connectivity index (χ3v) is 8.36. The van der Waals surface area contributed by atoms with Gasteiger partial charge in [0.05, 0.1) is 10.7 Å². The monoisotopic (exact) mass is 540 g/mol. The molecule has 0 saturated heterocycles. The van der Waals surface area contributed by atoms with Crippen molar-refractivity contribution in [3.63, 3.8) is 0 Å². The standard InChI is InChI=1S/C24H23Cl2FN2O3S2/c1-15-5-3-8-22(16(15)2)29-34(31,32)23-13-17(9-10-20(23)26)24(30)28-11-12-33-14-18-19(25)6-4-7-21(18)27/h3-10,13,29H,11-12,14H2,1-2H3,(H,28,30). The molecule has 0 atom stereocenters. The molecule has 3 rings (SSSR count). The Morgan fingerprint density at radius 3 is 2.50 bits per heavy atom. The Morgan fingerprint density at radius 1 is 1.03 bits per heavy atom. The number of halogens is 3. The molecular formula is C24H23Cl2FN2O3S2. The summed E-state index contributed by atoms with van der Waals surface area (Å²) in [6.45, 7) is 4.01. The number of carbonyl (C=O) groups is 1. The Bertz CT molecular complexity index is 1300. The molecular weight excluding hydrogens is 518 g/mol. The number of nitrogens with one attached hydrogen (secondary N) is 2. The molecule has 180 valence electrons. The molecule has 0 fully saturated rings. The predicted molar refractivity (Wildman–Crippen MR) is 138 cm³/mol. The summed E-state index contributed by atoms with van der Waals surface area (Å²) in [5.41, 5.74) is 2.76. The van der Waals surface area contributed by atoms with E-state index >= 15 is 0 Å². The Kier molecular flexibility index (Phi) is 8.87. The molecule has 5 nitrogen and oxygen atoms in total. The largest absolute Gasteiger partial charge is 0.351 e. The maximum absolute atomic E-state index is 13.8. The van der Waals surface area contributed by atoms with Crippen molar-refractivity contribution in [1.29, 1.82) is 0 Å². The van der Waals surface area contributed by atoms with Crippen molar-refractivity contribution in [2.75, 3.05) is 17.0 Å². The first-order valence-corrected chi connectivity index (χ1v) is 13.7. The summed E-state index contributed by atoms with van der Waals surface area (Å²) < 4.78 is 42.3. The van der Waals surface area contributed by atoms with E-state index in [0.717, 1.165) is 11.1 Å². The Labute approximate surface area is 213 Å². The van der Waals surface area contributed by atoms with Crippen LogP contribution in [0.25, 0.3) is 0 Å². The third kappa shape index (κ3) is 6.44. The van der Waals surface area contributed by atoms with Gasteiger partial charge in [-0.15, -0.1) is 0 Å². The van der Waals surface area contributed by atoms with Crippen molar-refractivity contribution in [1.82, 2.24) is 5.32 Å². The average molecular weight is 541 g/mol. The van der Waals surface area contributed by atoms with Gasteiger partial charge in [0.25, 0.3) is 15.9 Å². The van der Waals surface area contributed by atoms with Crippen LogP contribution in [0.2, 0.25) is 10.0 Å². The molecule has 3 aromatic rings. The highest BCUT2D eigenvalue weighted by atomic mass is 35.5. The minimum Gasteiger partial charge on any atom is -0.351 e. The SMILES string of the molecule is Cc1cccc(NS(=O)(=O)c2cc(C(=O)NCCSCc3c(F)cccc3Cl)ccc2Cl)c1C. The minimum atomic E-state index is -4.02. The van der Waals surface area contributed by atoms with Gasteiger partial charge in [-0.3, -0.25) is 9.52 Å². The lowest BCUT2D eigenvalue weighted by Crippen LogP contribution is -2.26. The van der Waals surface area contributed by atoms with E-state index in [-0.39, 0.29) is 21.3 Å². The second-order valence-corrected chi connectivity index (χ2v) is 11.1. The lowest BCUT2D eigenvalue weighted by molar-refractivity contribution is 0.0956. The average Bonchev–Trinajstić information content (AvgIpc) is 2.78. The van der Waals surface area contributed by atoms with Crippen LogP contribution in [0, 0.1) is 19.7 Å². The second-order valence-electron chi connectivity index (χ2n) is 7.51. The molecule has 3 aromatic carbocycles. The van der Waals surface area contributed by atoms with Gasteiger partial charge in [0.2, 0.25) is 0 Å². The van der Waals surface area contributed by atoms with Crippen LogP contribution in [0.4, 0.5) is 10.1 Å². The van der Waals surface area contributed by atoms with E-state index in [9.17, 15) is 17.6 Å². The number of rotatable bonds is 9. The quantitative estimate of drug-likeness (QED) is 0.316. The number of hydrogen-bond donors (Lipinski definition) is 2. The molecule has 0 unspecified atom stereocenters. The summed E-state index contributed by atoms with van der Waals surface area (Å²) >= 11 is 13.6. The highest BCUT2D eigenvalue weighted by molar-refractivity contribution is 7.98. The van der Waals surface area contributed by atoms with Crippen LogP contribution >= 0.6 is 35.0 Å². The lowest BCUT2D eigenvalue weighted by atomic mass is 10.1. The Morgan fingerprint density at radius 2 is 1.76 bits per heavy atom. The number of carbonyl (C=O) groups excluding carboxylic acids is 1. The number of aryl methyl sites for hydroxylation is 1. The molecule has 0 aliphatic heterocycles. The van der Waals surface area contributed by atoms with Crippen LogP contribution in [0.3, 0.4) is 0 Å². The van der Waals surface area contributed by atoms with E-state index in [1.807, 2.05) is 19.9 Å². The molecule has 0 heterocycles. The summed E-state index contributed by atoms with van der Waals surface area (Å²) in [5, 5.41) is 3.10. The predicted octanol–water partition coefficient (Wildman–Crippen LogP) is 6.21. The zero-order valence-corrected chi connectivity index (χ0v) is 21.6. The fraction of sp³-hybridized carbons (Fsp3) is 0.208. The summed E-state index contributed by atoms with van der Waals surface area (Å²) in [4.78, 5) is 12.4. The van der Waals surface area contributed by atoms with Crippen LogP contribution in [0.15, 0.2) is 59.5 Å². The first-order valence-electron chi connectivity index (χ1n) is 10.3. The van der Waals surface area contributed by atoms with Gasteiger partial charge in [-0.25, -0.2) is 12.8 Å². The van der Waals surface area contributed by atoms with Gasteiger partial charge in [0.15, 0.2) is 0 Å². The summed E-state index contributed by atoms with van der Waals surface area (Å²) in [6.07, 6.45) is 0. The zero-order chi connectivity index (χ0) is 24.9. The molecule has 0 aromatic heterocycles. The van der Waals surface area contributed by atoms with Crippen molar-refractivity contribution in [2.45, 2.75) is 24.5 Å². The van der Waals surface area contributed by atoms with Crippen LogP contribution in [0.5, 0.6) is 0 Å². The molecule has 0 aliphatic rings. The molecule has 2 N–H and O–H groups in total. The summed E-state index contributed by atoms with van der Waals surface area (Å²) in [5.74, 6) is 0.0794. The Balaban J connectivity index is 1.63. The topological polar surface area (TPSA) is 75.3 Å². The van der Waals surface area contributed by atoms with Crippen LogP contribution in [-0.4, -0.2) is 26.6 Å². The van der Waals surface area contributed by atoms with Gasteiger partial charge in [-0.05, 0) is 61.4 Å². The van der Waals surface area contributed by atoms with Gasteiger partial charge in [-0.1, -0.05) is 41.4 Å². The van der Waals surface area contributed by atoms with Gasteiger partial charge in [-0.2, -0.15) is 11.8 Å². The number of hydrogen-bond acceptors (Lipinski definition) is 4. The molecule has 34 heavy (non-hydrogen) atoms. The van der Waals surface area contributed by atoms with E-state index in [0.29, 0.717) is 34.3 Å². The van der Waals surface area contributed by atoms with Crippen molar-refractivity contribution in [3.8, 4) is 0 Å². The van der Waals surface area contributed by atoms with E-state index in [2.05, 4.69) is 10.0 Å². The van der Waals surface area contributed by atoms with E-state index < -0.39 is 15.9 Å². The van der Waals surface area contributed by atoms with E-state index in [4.69, 9.17) is 23.2 Å². The number of sulfonamides is 1. The fourth-order valence-electron chi connectivity index (χ4n) is 3.10. The maximum Gasteiger partial charge on any atom is 0.263 e. The van der Waals surface area contributed by atoms with Gasteiger partial charge >= 0.3 is 0 Å². The van der Waals surface area contributed by atoms with Gasteiger partial charge < -0.3 is 5.32 Å². The van der Waals surface area contributed by atoms with Crippen molar-refractivity contribution < 1.29 is 17.6 Å². The zero-order valence-electron chi connectivity index (χ0n) is 18.5. The Hall–Kier alpha value is -2.26. The maximum atomic E-state index is 13.8. The van der Waals surface area contributed by atoms with Crippen LogP contribution in [-0.2, 0) is 15.8 Å². The van der Waals surface area contributed by atoms with Crippen molar-refractivity contribution >= 4 is 56.6 Å². The molecule has 0 bridgehead atoms. The number of amides is 1. The lowest BCUT2D eigenvalue weighted by Gasteiger charge is -2.14. The first-order chi connectivity index (χ1) is 16.1. The molecule has 0 saturated carbocycles. The number of anilines is 1. The van der Waals surface area contributed by atoms with Crippen molar-refractivity contribution in [3.05, 3.63) is 92.7 Å². The number of benzene rings is 3. The summed E-state index contributed by atoms with van der Waals surface area (Å²) in [7, 11) is -4.02. The van der Waals surface area contributed by atoms with Crippen molar-refractivity contribution in [2.24, 2.45) is 0 Å². The fourth-order valence-corrected chi connectivity index (χ4v) is 5.94. The highest BCUT2D eigenvalue weighted by Crippen LogP contribution is 2.27.